The number of rotatable bonds is 10. The van der Waals surface area contributed by atoms with Crippen molar-refractivity contribution < 1.29 is 48.5 Å². The maximum atomic E-state index is 12.7. The summed E-state index contributed by atoms with van der Waals surface area (Å²) >= 11 is 12.1. The van der Waals surface area contributed by atoms with Crippen LogP contribution in [0.5, 0.6) is 0 Å². The molecular formula is C49H53Cl2N5O10. The number of nitrogens with zero attached hydrogens (tertiary/aromatic N) is 3. The predicted molar refractivity (Wildman–Crippen MR) is 252 cm³/mol. The van der Waals surface area contributed by atoms with Crippen LogP contribution in [0.3, 0.4) is 0 Å². The molecule has 15 nitrogen and oxygen atoms in total. The summed E-state index contributed by atoms with van der Waals surface area (Å²) in [6.45, 7) is 16.8. The first-order valence-electron chi connectivity index (χ1n) is 21.4. The standard InChI is InChI=1S/C19H17Cl2NO4.2C15H18N2O3/c1-2-26-19(25)16(21)10-11-9-12(7-8-15(11)20)22-17(23)13-5-3-4-6-14(13)18(22)24;1-8(2)15(4)14(20)16-12(17-15)11-7-9(3)5-6-10(11)13(18)19;1-8(2)15(4)14(20)16-12(17-15)10-6-5-9(3)7-11(10)13(18)19/h7-10H,2-6H2,1H3;2*5-8H,1-4H3,(H,18,19)(H,16,17,20)/b16-10-;;. The fraction of sp³-hybridized carbons (Fsp3) is 0.367. The van der Waals surface area contributed by atoms with E-state index in [4.69, 9.17) is 27.9 Å². The first-order chi connectivity index (χ1) is 30.9. The molecule has 3 aliphatic heterocycles. The third kappa shape index (κ3) is 10.5. The highest BCUT2D eigenvalue weighted by molar-refractivity contribution is 6.44. The number of aryl methyl sites for hydroxylation is 2. The van der Waals surface area contributed by atoms with E-state index in [0.717, 1.165) is 24.0 Å². The number of esters is 1. The molecule has 3 aromatic carbocycles. The van der Waals surface area contributed by atoms with Gasteiger partial charge in [0.2, 0.25) is 0 Å². The topological polar surface area (TPSA) is 221 Å². The predicted octanol–water partition coefficient (Wildman–Crippen LogP) is 8.20. The van der Waals surface area contributed by atoms with E-state index in [1.54, 1.807) is 63.2 Å². The summed E-state index contributed by atoms with van der Waals surface area (Å²) in [4.78, 5) is 93.9. The molecule has 0 saturated heterocycles. The smallest absolute Gasteiger partial charge is 0.349 e. The van der Waals surface area contributed by atoms with Crippen LogP contribution in [0.2, 0.25) is 5.02 Å². The lowest BCUT2D eigenvalue weighted by molar-refractivity contribution is -0.137. The van der Waals surface area contributed by atoms with E-state index in [-0.39, 0.29) is 58.2 Å². The minimum absolute atomic E-state index is 0.0260. The van der Waals surface area contributed by atoms with E-state index < -0.39 is 29.0 Å². The Hall–Kier alpha value is -6.45. The summed E-state index contributed by atoms with van der Waals surface area (Å²) in [6.07, 6.45) is 4.45. The average Bonchev–Trinajstić information content (AvgIpc) is 3.85. The lowest BCUT2D eigenvalue weighted by Gasteiger charge is -2.21. The number of amidine groups is 2. The van der Waals surface area contributed by atoms with Crippen molar-refractivity contribution in [2.24, 2.45) is 21.8 Å². The Labute approximate surface area is 393 Å². The third-order valence-corrected chi connectivity index (χ3v) is 12.6. The second-order valence-electron chi connectivity index (χ2n) is 17.2. The van der Waals surface area contributed by atoms with Crippen molar-refractivity contribution in [1.82, 2.24) is 10.6 Å². The van der Waals surface area contributed by atoms with Crippen LogP contribution >= 0.6 is 23.2 Å². The van der Waals surface area contributed by atoms with Crippen LogP contribution in [-0.2, 0) is 28.7 Å². The van der Waals surface area contributed by atoms with Crippen LogP contribution in [-0.4, -0.2) is 81.1 Å². The number of amides is 4. The molecule has 4 N–H and O–H groups in total. The van der Waals surface area contributed by atoms with Crippen LogP contribution in [0.1, 0.15) is 123 Å². The zero-order chi connectivity index (χ0) is 49.0. The number of ether oxygens (including phenoxy) is 1. The van der Waals surface area contributed by atoms with E-state index in [0.29, 0.717) is 63.1 Å². The van der Waals surface area contributed by atoms with Gasteiger partial charge in [-0.1, -0.05) is 80.2 Å². The largest absolute Gasteiger partial charge is 0.478 e. The number of nitrogens with one attached hydrogen (secondary N) is 2. The number of carboxylic acids is 2. The molecule has 4 aliphatic rings. The fourth-order valence-corrected chi connectivity index (χ4v) is 7.70. The Balaban J connectivity index is 0.000000188. The lowest BCUT2D eigenvalue weighted by atomic mass is 9.89. The second-order valence-corrected chi connectivity index (χ2v) is 18.0. The molecule has 0 bridgehead atoms. The Morgan fingerprint density at radius 1 is 0.758 bits per heavy atom. The highest BCUT2D eigenvalue weighted by atomic mass is 35.5. The molecule has 7 rings (SSSR count). The van der Waals surface area contributed by atoms with Gasteiger partial charge >= 0.3 is 17.9 Å². The minimum atomic E-state index is -1.03. The van der Waals surface area contributed by atoms with Crippen molar-refractivity contribution in [3.63, 3.8) is 0 Å². The normalized spacial score (nSPS) is 20.2. The molecule has 2 unspecified atom stereocenters. The summed E-state index contributed by atoms with van der Waals surface area (Å²) in [6, 6.07) is 14.8. The van der Waals surface area contributed by atoms with E-state index in [9.17, 15) is 43.8 Å². The molecule has 0 spiro atoms. The number of carbonyl (C=O) groups is 7. The van der Waals surface area contributed by atoms with Crippen LogP contribution < -0.4 is 15.5 Å². The molecular weight excluding hydrogens is 889 g/mol. The van der Waals surface area contributed by atoms with Gasteiger partial charge in [-0.25, -0.2) is 19.3 Å². The van der Waals surface area contributed by atoms with Crippen molar-refractivity contribution in [3.05, 3.63) is 115 Å². The van der Waals surface area contributed by atoms with Gasteiger partial charge in [-0.2, -0.15) is 0 Å². The number of aromatic carboxylic acids is 2. The molecule has 1 aliphatic carbocycles. The molecule has 66 heavy (non-hydrogen) atoms. The maximum absolute atomic E-state index is 12.7. The van der Waals surface area contributed by atoms with Gasteiger partial charge in [0.25, 0.3) is 23.6 Å². The van der Waals surface area contributed by atoms with Gasteiger partial charge in [-0.05, 0) is 120 Å². The van der Waals surface area contributed by atoms with Crippen LogP contribution in [0.15, 0.2) is 80.8 Å². The number of hydrogen-bond acceptors (Lipinski definition) is 10. The van der Waals surface area contributed by atoms with E-state index in [1.807, 2.05) is 47.6 Å². The summed E-state index contributed by atoms with van der Waals surface area (Å²) in [5.74, 6) is -2.95. The van der Waals surface area contributed by atoms with Crippen molar-refractivity contribution in [3.8, 4) is 0 Å². The van der Waals surface area contributed by atoms with Crippen LogP contribution in [0.25, 0.3) is 6.08 Å². The molecule has 2 atom stereocenters. The van der Waals surface area contributed by atoms with E-state index >= 15 is 0 Å². The number of carbonyl (C=O) groups excluding carboxylic acids is 5. The lowest BCUT2D eigenvalue weighted by Crippen LogP contribution is -2.41. The monoisotopic (exact) mass is 941 g/mol. The molecule has 3 aromatic rings. The first-order valence-corrected chi connectivity index (χ1v) is 22.2. The number of aliphatic imine (C=N–C) groups is 2. The quantitative estimate of drug-likeness (QED) is 0.0867. The first kappa shape index (κ1) is 50.5. The molecule has 0 saturated carbocycles. The summed E-state index contributed by atoms with van der Waals surface area (Å²) < 4.78 is 4.84. The number of benzene rings is 3. The fourth-order valence-electron chi connectivity index (χ4n) is 7.36. The van der Waals surface area contributed by atoms with Gasteiger partial charge in [-0.15, -0.1) is 0 Å². The van der Waals surface area contributed by atoms with Gasteiger partial charge in [-0.3, -0.25) is 29.2 Å². The van der Waals surface area contributed by atoms with Gasteiger partial charge in [0.1, 0.15) is 27.8 Å². The Morgan fingerprint density at radius 2 is 1.26 bits per heavy atom. The van der Waals surface area contributed by atoms with Crippen molar-refractivity contribution in [2.45, 2.75) is 99.1 Å². The highest BCUT2D eigenvalue weighted by Gasteiger charge is 2.44. The molecule has 17 heteroatoms. The average molecular weight is 943 g/mol. The third-order valence-electron chi connectivity index (χ3n) is 12.0. The molecule has 3 heterocycles. The minimum Gasteiger partial charge on any atom is -0.478 e. The summed E-state index contributed by atoms with van der Waals surface area (Å²) in [5, 5.41) is 24.2. The number of halogens is 2. The van der Waals surface area contributed by atoms with Crippen molar-refractivity contribution >= 4 is 88.2 Å². The van der Waals surface area contributed by atoms with Gasteiger partial charge < -0.3 is 25.6 Å². The van der Waals surface area contributed by atoms with Gasteiger partial charge in [0.15, 0.2) is 0 Å². The maximum Gasteiger partial charge on any atom is 0.349 e. The second kappa shape index (κ2) is 20.4. The molecule has 0 radical (unpaired) electrons. The molecule has 4 amide bonds. The Morgan fingerprint density at radius 3 is 1.74 bits per heavy atom. The van der Waals surface area contributed by atoms with E-state index in [1.165, 1.54) is 17.0 Å². The molecule has 0 aromatic heterocycles. The number of hydrogen-bond donors (Lipinski definition) is 4. The Kier molecular flexibility index (Phi) is 15.6. The van der Waals surface area contributed by atoms with Gasteiger partial charge in [0.05, 0.1) is 23.4 Å². The van der Waals surface area contributed by atoms with Crippen LogP contribution in [0.4, 0.5) is 5.69 Å². The summed E-state index contributed by atoms with van der Waals surface area (Å²) in [5.41, 5.74) is 3.30. The Bertz CT molecular complexity index is 2640. The van der Waals surface area contributed by atoms with Gasteiger partial charge in [0, 0.05) is 27.3 Å². The SMILES string of the molecule is CCOC(=O)/C(Cl)=C/c1cc(N2C(=O)C3=C(CCCC3)C2=O)ccc1Cl.Cc1ccc(C(=O)O)c(C2=NC(C)(C(C)C)C(=O)N2)c1.Cc1ccc(C2=NC(C)(C(C)C)C(=O)N2)c(C(=O)O)c1. The molecule has 348 valence electrons. The number of carboxylic acid groups (broad SMARTS) is 2. The zero-order valence-electron chi connectivity index (χ0n) is 38.2. The van der Waals surface area contributed by atoms with Crippen molar-refractivity contribution in [1.29, 1.82) is 0 Å². The molecule has 0 fully saturated rings. The zero-order valence-corrected chi connectivity index (χ0v) is 39.7. The number of imide groups is 1. The number of anilines is 1. The highest BCUT2D eigenvalue weighted by Crippen LogP contribution is 2.37. The van der Waals surface area contributed by atoms with E-state index in [2.05, 4.69) is 20.6 Å². The van der Waals surface area contributed by atoms with Crippen molar-refractivity contribution in [2.75, 3.05) is 11.5 Å². The summed E-state index contributed by atoms with van der Waals surface area (Å²) in [7, 11) is 0. The van der Waals surface area contributed by atoms with Crippen LogP contribution in [0, 0.1) is 25.7 Å².